The highest BCUT2D eigenvalue weighted by atomic mass is 35.5. The van der Waals surface area contributed by atoms with Crippen molar-refractivity contribution >= 4 is 32.1 Å². The number of amides is 1. The molecule has 0 aliphatic rings. The zero-order valence-corrected chi connectivity index (χ0v) is 21.2. The molecule has 1 amide bonds. The van der Waals surface area contributed by atoms with E-state index in [1.54, 1.807) is 0 Å². The third-order valence-corrected chi connectivity index (χ3v) is 9.81. The molecule has 1 aromatic rings. The van der Waals surface area contributed by atoms with Gasteiger partial charge in [0.25, 0.3) is 0 Å². The molecule has 1 rings (SSSR count). The van der Waals surface area contributed by atoms with E-state index in [1.165, 1.54) is 0 Å². The van der Waals surface area contributed by atoms with Crippen LogP contribution in [-0.4, -0.2) is 32.7 Å². The molecule has 0 saturated carbocycles. The number of benzene rings is 1. The molecule has 0 saturated heterocycles. The zero-order valence-electron chi connectivity index (χ0n) is 19.5. The number of rotatable bonds is 7. The average Bonchev–Trinajstić information content (AvgIpc) is 2.50. The fourth-order valence-electron chi connectivity index (χ4n) is 2.49. The summed E-state index contributed by atoms with van der Waals surface area (Å²) in [6.45, 7) is 19.3. The van der Waals surface area contributed by atoms with E-state index in [0.29, 0.717) is 18.0 Å². The summed E-state index contributed by atoms with van der Waals surface area (Å²) in [7, 11) is -1.82. The van der Waals surface area contributed by atoms with E-state index in [-0.39, 0.29) is 11.1 Å². The number of hydrogen-bond acceptors (Lipinski definition) is 3. The Labute approximate surface area is 183 Å². The van der Waals surface area contributed by atoms with E-state index in [0.717, 1.165) is 11.1 Å². The topological polar surface area (TPSA) is 47.6 Å². The second kappa shape index (κ2) is 10.1. The second-order valence-corrected chi connectivity index (χ2v) is 15.2. The van der Waals surface area contributed by atoms with Crippen molar-refractivity contribution in [3.8, 4) is 0 Å². The molecular formula is C23H38ClNO3Si. The maximum absolute atomic E-state index is 11.8. The Morgan fingerprint density at radius 3 is 2.38 bits per heavy atom. The number of carbonyl (C=O) groups excluding carboxylic acids is 1. The molecule has 0 aliphatic heterocycles. The van der Waals surface area contributed by atoms with Crippen molar-refractivity contribution in [3.05, 3.63) is 40.4 Å². The fraction of sp³-hybridized carbons (Fsp3) is 0.609. The summed E-state index contributed by atoms with van der Waals surface area (Å²) in [5.74, 6) is 0. The van der Waals surface area contributed by atoms with Gasteiger partial charge in [-0.1, -0.05) is 50.6 Å². The quantitative estimate of drug-likeness (QED) is 0.473. The molecule has 0 unspecified atom stereocenters. The maximum Gasteiger partial charge on any atom is 0.407 e. The van der Waals surface area contributed by atoms with Gasteiger partial charge in [0.05, 0.1) is 6.10 Å². The first kappa shape index (κ1) is 25.7. The monoisotopic (exact) mass is 439 g/mol. The van der Waals surface area contributed by atoms with Gasteiger partial charge in [0.1, 0.15) is 5.60 Å². The Kier molecular flexibility index (Phi) is 9.00. The summed E-state index contributed by atoms with van der Waals surface area (Å²) in [6, 6.07) is 5.82. The van der Waals surface area contributed by atoms with Crippen molar-refractivity contribution in [2.45, 2.75) is 84.7 Å². The second-order valence-electron chi connectivity index (χ2n) is 9.96. The number of halogens is 1. The zero-order chi connectivity index (χ0) is 22.5. The number of ether oxygens (including phenoxy) is 1. The van der Waals surface area contributed by atoms with Crippen LogP contribution < -0.4 is 5.32 Å². The lowest BCUT2D eigenvalue weighted by molar-refractivity contribution is 0.0528. The van der Waals surface area contributed by atoms with Crippen molar-refractivity contribution < 1.29 is 14.0 Å². The van der Waals surface area contributed by atoms with Gasteiger partial charge in [0.15, 0.2) is 8.32 Å². The van der Waals surface area contributed by atoms with E-state index in [1.807, 2.05) is 39.0 Å². The lowest BCUT2D eigenvalue weighted by Gasteiger charge is -2.37. The van der Waals surface area contributed by atoms with Crippen molar-refractivity contribution in [2.75, 3.05) is 6.54 Å². The molecule has 0 radical (unpaired) electrons. The first-order chi connectivity index (χ1) is 13.1. The predicted molar refractivity (Wildman–Crippen MR) is 126 cm³/mol. The first-order valence-electron chi connectivity index (χ1n) is 10.2. The Morgan fingerprint density at radius 2 is 1.83 bits per heavy atom. The summed E-state index contributed by atoms with van der Waals surface area (Å²) in [5, 5.41) is 3.65. The standard InChI is InChI=1S/C23H38ClNO3Si/c1-17(28-29(8,9)23(5,6)7)10-11-18-12-13-20(24)16-19(18)14-15-25-21(26)27-22(2,3)4/h10-13,16-17H,14-15H2,1-9H3,(H,25,26)/b11-10+/t17-/m0/s1. The summed E-state index contributed by atoms with van der Waals surface area (Å²) < 4.78 is 11.7. The van der Waals surface area contributed by atoms with Crippen LogP contribution in [0.15, 0.2) is 24.3 Å². The van der Waals surface area contributed by atoms with E-state index >= 15 is 0 Å². The van der Waals surface area contributed by atoms with Crippen LogP contribution in [0, 0.1) is 0 Å². The molecule has 1 aromatic carbocycles. The van der Waals surface area contributed by atoms with Crippen LogP contribution in [0.25, 0.3) is 6.08 Å². The lowest BCUT2D eigenvalue weighted by Crippen LogP contribution is -2.42. The predicted octanol–water partition coefficient (Wildman–Crippen LogP) is 6.83. The van der Waals surface area contributed by atoms with Gasteiger partial charge in [0, 0.05) is 11.6 Å². The Bertz CT molecular complexity index is 718. The molecule has 1 N–H and O–H groups in total. The van der Waals surface area contributed by atoms with Crippen molar-refractivity contribution in [2.24, 2.45) is 0 Å². The minimum absolute atomic E-state index is 0.0271. The van der Waals surface area contributed by atoms with Gasteiger partial charge in [-0.25, -0.2) is 4.79 Å². The van der Waals surface area contributed by atoms with Gasteiger partial charge in [-0.15, -0.1) is 0 Å². The Hall–Kier alpha value is -1.30. The largest absolute Gasteiger partial charge is 0.444 e. The number of hydrogen-bond donors (Lipinski definition) is 1. The molecule has 6 heteroatoms. The SMILES string of the molecule is C[C@@H](/C=C/c1ccc(Cl)cc1CCNC(=O)OC(C)(C)C)O[Si](C)(C)C(C)(C)C. The molecular weight excluding hydrogens is 402 g/mol. The van der Waals surface area contributed by atoms with Crippen LogP contribution in [0.1, 0.15) is 59.6 Å². The molecule has 1 atom stereocenters. The molecule has 4 nitrogen and oxygen atoms in total. The Balaban J connectivity index is 2.78. The van der Waals surface area contributed by atoms with E-state index in [4.69, 9.17) is 20.8 Å². The van der Waals surface area contributed by atoms with Crippen LogP contribution >= 0.6 is 11.6 Å². The fourth-order valence-corrected chi connectivity index (χ4v) is 4.04. The molecule has 0 spiro atoms. The van der Waals surface area contributed by atoms with Crippen molar-refractivity contribution in [3.63, 3.8) is 0 Å². The molecule has 0 heterocycles. The average molecular weight is 440 g/mol. The smallest absolute Gasteiger partial charge is 0.407 e. The Morgan fingerprint density at radius 1 is 1.21 bits per heavy atom. The molecule has 164 valence electrons. The highest BCUT2D eigenvalue weighted by Crippen LogP contribution is 2.37. The summed E-state index contributed by atoms with van der Waals surface area (Å²) in [6.07, 6.45) is 4.45. The van der Waals surface area contributed by atoms with Crippen molar-refractivity contribution in [1.82, 2.24) is 5.32 Å². The minimum atomic E-state index is -1.82. The molecule has 0 bridgehead atoms. The third kappa shape index (κ3) is 9.37. The van der Waals surface area contributed by atoms with Gasteiger partial charge in [-0.05, 0) is 75.5 Å². The number of alkyl carbamates (subject to hydrolysis) is 1. The first-order valence-corrected chi connectivity index (χ1v) is 13.5. The summed E-state index contributed by atoms with van der Waals surface area (Å²) in [4.78, 5) is 11.8. The van der Waals surface area contributed by atoms with E-state index in [2.05, 4.69) is 58.3 Å². The molecule has 29 heavy (non-hydrogen) atoms. The third-order valence-electron chi connectivity index (χ3n) is 5.00. The van der Waals surface area contributed by atoms with Crippen molar-refractivity contribution in [1.29, 1.82) is 0 Å². The molecule has 0 aromatic heterocycles. The van der Waals surface area contributed by atoms with E-state index < -0.39 is 20.0 Å². The highest BCUT2D eigenvalue weighted by Gasteiger charge is 2.38. The lowest BCUT2D eigenvalue weighted by atomic mass is 10.0. The van der Waals surface area contributed by atoms with Gasteiger partial charge < -0.3 is 14.5 Å². The maximum atomic E-state index is 11.8. The molecule has 0 fully saturated rings. The van der Waals surface area contributed by atoms with Crippen LogP contribution in [0.4, 0.5) is 4.79 Å². The van der Waals surface area contributed by atoms with Gasteiger partial charge >= 0.3 is 6.09 Å². The van der Waals surface area contributed by atoms with Gasteiger partial charge in [0.2, 0.25) is 0 Å². The highest BCUT2D eigenvalue weighted by molar-refractivity contribution is 6.74. The van der Waals surface area contributed by atoms with Crippen LogP contribution in [0.3, 0.4) is 0 Å². The molecule has 0 aliphatic carbocycles. The van der Waals surface area contributed by atoms with Crippen LogP contribution in [0.5, 0.6) is 0 Å². The van der Waals surface area contributed by atoms with Crippen LogP contribution in [0.2, 0.25) is 23.2 Å². The van der Waals surface area contributed by atoms with Gasteiger partial charge in [-0.2, -0.15) is 0 Å². The number of carbonyl (C=O) groups is 1. The summed E-state index contributed by atoms with van der Waals surface area (Å²) >= 11 is 6.19. The van der Waals surface area contributed by atoms with Gasteiger partial charge in [-0.3, -0.25) is 0 Å². The number of nitrogens with one attached hydrogen (secondary N) is 1. The van der Waals surface area contributed by atoms with E-state index in [9.17, 15) is 4.79 Å². The normalized spacial score (nSPS) is 14.1. The van der Waals surface area contributed by atoms with Crippen LogP contribution in [-0.2, 0) is 15.6 Å². The minimum Gasteiger partial charge on any atom is -0.444 e. The summed E-state index contributed by atoms with van der Waals surface area (Å²) in [5.41, 5.74) is 1.64.